The van der Waals surface area contributed by atoms with Crippen LogP contribution in [-0.2, 0) is 4.79 Å². The van der Waals surface area contributed by atoms with Gasteiger partial charge in [0.15, 0.2) is 0 Å². The molecule has 1 aromatic rings. The summed E-state index contributed by atoms with van der Waals surface area (Å²) >= 11 is 5.39. The fourth-order valence-electron chi connectivity index (χ4n) is 2.56. The van der Waals surface area contributed by atoms with Crippen molar-refractivity contribution in [2.45, 2.75) is 12.3 Å². The number of carbonyl (C=O) groups is 1. The van der Waals surface area contributed by atoms with Gasteiger partial charge in [0, 0.05) is 35.0 Å². The van der Waals surface area contributed by atoms with E-state index >= 15 is 0 Å². The lowest BCUT2D eigenvalue weighted by Crippen LogP contribution is -2.39. The standard InChI is InChI=1S/C14H16BrNOS/c15-11-3-1-10(2-4-11)12-9-13(12)14(17)16-5-7-18-8-6-16/h1-4,12-13H,5-9H2. The van der Waals surface area contributed by atoms with Crippen LogP contribution in [0.15, 0.2) is 28.7 Å². The van der Waals surface area contributed by atoms with Gasteiger partial charge in [0.1, 0.15) is 0 Å². The van der Waals surface area contributed by atoms with Gasteiger partial charge in [-0.25, -0.2) is 0 Å². The van der Waals surface area contributed by atoms with Gasteiger partial charge < -0.3 is 4.90 Å². The van der Waals surface area contributed by atoms with Crippen molar-refractivity contribution < 1.29 is 4.79 Å². The minimum atomic E-state index is 0.245. The fraction of sp³-hybridized carbons (Fsp3) is 0.500. The molecule has 0 bridgehead atoms. The molecule has 0 aromatic heterocycles. The highest BCUT2D eigenvalue weighted by molar-refractivity contribution is 9.10. The molecule has 1 aliphatic carbocycles. The summed E-state index contributed by atoms with van der Waals surface area (Å²) in [6, 6.07) is 8.39. The van der Waals surface area contributed by atoms with E-state index in [4.69, 9.17) is 0 Å². The summed E-state index contributed by atoms with van der Waals surface area (Å²) in [6.45, 7) is 1.88. The molecule has 0 radical (unpaired) electrons. The van der Waals surface area contributed by atoms with Gasteiger partial charge in [0.25, 0.3) is 0 Å². The Morgan fingerprint density at radius 1 is 1.22 bits per heavy atom. The van der Waals surface area contributed by atoms with Crippen LogP contribution in [-0.4, -0.2) is 35.4 Å². The van der Waals surface area contributed by atoms with Crippen molar-refractivity contribution in [3.8, 4) is 0 Å². The van der Waals surface area contributed by atoms with Crippen molar-refractivity contribution in [3.05, 3.63) is 34.3 Å². The summed E-state index contributed by atoms with van der Waals surface area (Å²) in [6.07, 6.45) is 1.03. The Bertz CT molecular complexity index is 442. The van der Waals surface area contributed by atoms with Crippen LogP contribution in [0, 0.1) is 5.92 Å². The van der Waals surface area contributed by atoms with Crippen LogP contribution >= 0.6 is 27.7 Å². The van der Waals surface area contributed by atoms with Crippen LogP contribution in [0.25, 0.3) is 0 Å². The van der Waals surface area contributed by atoms with Gasteiger partial charge >= 0.3 is 0 Å². The van der Waals surface area contributed by atoms with Crippen molar-refractivity contribution in [2.75, 3.05) is 24.6 Å². The zero-order chi connectivity index (χ0) is 12.5. The maximum Gasteiger partial charge on any atom is 0.226 e. The molecule has 1 saturated heterocycles. The molecule has 18 heavy (non-hydrogen) atoms. The number of rotatable bonds is 2. The van der Waals surface area contributed by atoms with Crippen molar-refractivity contribution in [3.63, 3.8) is 0 Å². The van der Waals surface area contributed by atoms with Gasteiger partial charge in [0.2, 0.25) is 5.91 Å². The largest absolute Gasteiger partial charge is 0.341 e. The van der Waals surface area contributed by atoms with E-state index in [0.717, 1.165) is 35.5 Å². The van der Waals surface area contributed by atoms with Gasteiger partial charge in [0.05, 0.1) is 0 Å². The number of benzene rings is 1. The summed E-state index contributed by atoms with van der Waals surface area (Å²) in [4.78, 5) is 14.4. The second-order valence-electron chi connectivity index (χ2n) is 4.94. The molecule has 1 aliphatic heterocycles. The predicted octanol–water partition coefficient (Wildman–Crippen LogP) is 3.13. The van der Waals surface area contributed by atoms with E-state index in [1.165, 1.54) is 5.56 Å². The maximum atomic E-state index is 12.3. The minimum Gasteiger partial charge on any atom is -0.341 e. The Kier molecular flexibility index (Phi) is 3.66. The molecule has 2 atom stereocenters. The zero-order valence-corrected chi connectivity index (χ0v) is 12.5. The molecular formula is C14H16BrNOS. The molecule has 1 heterocycles. The molecule has 3 rings (SSSR count). The SMILES string of the molecule is O=C(C1CC1c1ccc(Br)cc1)N1CCSCC1. The Hall–Kier alpha value is -0.480. The number of carbonyl (C=O) groups excluding carboxylic acids is 1. The minimum absolute atomic E-state index is 0.245. The highest BCUT2D eigenvalue weighted by Gasteiger charge is 2.45. The van der Waals surface area contributed by atoms with E-state index in [-0.39, 0.29) is 5.92 Å². The summed E-state index contributed by atoms with van der Waals surface area (Å²) in [5.74, 6) is 3.28. The zero-order valence-electron chi connectivity index (χ0n) is 10.1. The van der Waals surface area contributed by atoms with E-state index < -0.39 is 0 Å². The van der Waals surface area contributed by atoms with E-state index in [1.807, 2.05) is 11.8 Å². The predicted molar refractivity (Wildman–Crippen MR) is 78.9 cm³/mol. The fourth-order valence-corrected chi connectivity index (χ4v) is 3.73. The number of halogens is 1. The molecule has 0 N–H and O–H groups in total. The number of thioether (sulfide) groups is 1. The van der Waals surface area contributed by atoms with E-state index in [1.54, 1.807) is 0 Å². The topological polar surface area (TPSA) is 20.3 Å². The van der Waals surface area contributed by atoms with Gasteiger partial charge in [-0.05, 0) is 30.0 Å². The van der Waals surface area contributed by atoms with Gasteiger partial charge in [-0.1, -0.05) is 28.1 Å². The monoisotopic (exact) mass is 325 g/mol. The van der Waals surface area contributed by atoms with Crippen molar-refractivity contribution >= 4 is 33.6 Å². The average Bonchev–Trinajstić information content (AvgIpc) is 3.20. The Morgan fingerprint density at radius 3 is 2.56 bits per heavy atom. The third kappa shape index (κ3) is 2.59. The summed E-state index contributed by atoms with van der Waals surface area (Å²) in [7, 11) is 0. The van der Waals surface area contributed by atoms with E-state index in [0.29, 0.717) is 11.8 Å². The lowest BCUT2D eigenvalue weighted by atomic mass is 10.1. The van der Waals surface area contributed by atoms with Crippen molar-refractivity contribution in [1.29, 1.82) is 0 Å². The number of hydrogen-bond acceptors (Lipinski definition) is 2. The number of amides is 1. The normalized spacial score (nSPS) is 27.1. The third-order valence-electron chi connectivity index (χ3n) is 3.73. The van der Waals surface area contributed by atoms with Crippen LogP contribution in [0.2, 0.25) is 0 Å². The molecule has 1 amide bonds. The Balaban J connectivity index is 1.63. The van der Waals surface area contributed by atoms with Gasteiger partial charge in [-0.3, -0.25) is 4.79 Å². The lowest BCUT2D eigenvalue weighted by Gasteiger charge is -2.26. The smallest absolute Gasteiger partial charge is 0.226 e. The first-order chi connectivity index (χ1) is 8.75. The quantitative estimate of drug-likeness (QED) is 0.832. The highest BCUT2D eigenvalue weighted by Crippen LogP contribution is 2.48. The van der Waals surface area contributed by atoms with Crippen LogP contribution < -0.4 is 0 Å². The molecule has 4 heteroatoms. The van der Waals surface area contributed by atoms with E-state index in [2.05, 4.69) is 45.1 Å². The highest BCUT2D eigenvalue weighted by atomic mass is 79.9. The molecule has 1 aromatic carbocycles. The first-order valence-electron chi connectivity index (χ1n) is 6.38. The van der Waals surface area contributed by atoms with Crippen molar-refractivity contribution in [2.24, 2.45) is 5.92 Å². The van der Waals surface area contributed by atoms with Gasteiger partial charge in [-0.15, -0.1) is 0 Å². The Labute approximate surface area is 120 Å². The molecule has 2 fully saturated rings. The van der Waals surface area contributed by atoms with Crippen molar-refractivity contribution in [1.82, 2.24) is 4.90 Å². The van der Waals surface area contributed by atoms with Crippen LogP contribution in [0.1, 0.15) is 17.9 Å². The molecular weight excluding hydrogens is 310 g/mol. The third-order valence-corrected chi connectivity index (χ3v) is 5.20. The van der Waals surface area contributed by atoms with E-state index in [9.17, 15) is 4.79 Å². The second kappa shape index (κ2) is 5.25. The lowest BCUT2D eigenvalue weighted by molar-refractivity contribution is -0.132. The molecule has 2 aliphatic rings. The maximum absolute atomic E-state index is 12.3. The van der Waals surface area contributed by atoms with Crippen LogP contribution in [0.4, 0.5) is 0 Å². The van der Waals surface area contributed by atoms with Crippen LogP contribution in [0.3, 0.4) is 0 Å². The first-order valence-corrected chi connectivity index (χ1v) is 8.32. The average molecular weight is 326 g/mol. The second-order valence-corrected chi connectivity index (χ2v) is 7.08. The number of hydrogen-bond donors (Lipinski definition) is 0. The summed E-state index contributed by atoms with van der Waals surface area (Å²) in [5.41, 5.74) is 1.31. The summed E-state index contributed by atoms with van der Waals surface area (Å²) in [5, 5.41) is 0. The van der Waals surface area contributed by atoms with Crippen LogP contribution in [0.5, 0.6) is 0 Å². The summed E-state index contributed by atoms with van der Waals surface area (Å²) < 4.78 is 1.10. The van der Waals surface area contributed by atoms with Gasteiger partial charge in [-0.2, -0.15) is 11.8 Å². The molecule has 96 valence electrons. The Morgan fingerprint density at radius 2 is 1.89 bits per heavy atom. The molecule has 2 unspecified atom stereocenters. The molecule has 2 nitrogen and oxygen atoms in total. The molecule has 1 saturated carbocycles. The molecule has 0 spiro atoms. The first kappa shape index (κ1) is 12.5. The number of nitrogens with zero attached hydrogens (tertiary/aromatic N) is 1.